The normalized spacial score (nSPS) is 11.5. The molecule has 2 amide bonds. The minimum atomic E-state index is -0.771. The number of carbonyl (C=O) groups is 2. The molecule has 0 heterocycles. The summed E-state index contributed by atoms with van der Waals surface area (Å²) >= 11 is 0. The Bertz CT molecular complexity index is 491. The van der Waals surface area contributed by atoms with E-state index in [1.807, 2.05) is 19.9 Å². The first kappa shape index (κ1) is 14.9. The molecule has 102 valence electrons. The molecule has 19 heavy (non-hydrogen) atoms. The SMILES string of the molecule is CC(C)=CC[C@H](NC(=O)c1ccc(F)cc1)C(N)=O. The maximum atomic E-state index is 12.7. The van der Waals surface area contributed by atoms with Crippen LogP contribution in [0.1, 0.15) is 30.6 Å². The summed E-state index contributed by atoms with van der Waals surface area (Å²) in [6.45, 7) is 3.78. The molecule has 0 aliphatic carbocycles. The lowest BCUT2D eigenvalue weighted by atomic mass is 10.1. The Morgan fingerprint density at radius 3 is 2.37 bits per heavy atom. The molecule has 0 bridgehead atoms. The molecule has 3 N–H and O–H groups in total. The molecule has 0 saturated heterocycles. The van der Waals surface area contributed by atoms with Gasteiger partial charge in [-0.05, 0) is 44.5 Å². The van der Waals surface area contributed by atoms with Crippen LogP contribution in [0.5, 0.6) is 0 Å². The van der Waals surface area contributed by atoms with Gasteiger partial charge in [0.15, 0.2) is 0 Å². The first-order chi connectivity index (χ1) is 8.90. The van der Waals surface area contributed by atoms with Gasteiger partial charge < -0.3 is 11.1 Å². The van der Waals surface area contributed by atoms with Crippen molar-refractivity contribution >= 4 is 11.8 Å². The predicted molar refractivity (Wildman–Crippen MR) is 70.9 cm³/mol. The molecule has 0 fully saturated rings. The van der Waals surface area contributed by atoms with Gasteiger partial charge in [-0.1, -0.05) is 11.6 Å². The lowest BCUT2D eigenvalue weighted by Crippen LogP contribution is -2.44. The molecule has 1 atom stereocenters. The second kappa shape index (κ2) is 6.68. The number of carbonyl (C=O) groups excluding carboxylic acids is 2. The summed E-state index contributed by atoms with van der Waals surface area (Å²) in [6, 6.07) is 4.30. The number of benzene rings is 1. The Morgan fingerprint density at radius 1 is 1.32 bits per heavy atom. The summed E-state index contributed by atoms with van der Waals surface area (Å²) in [4.78, 5) is 23.1. The number of hydrogen-bond donors (Lipinski definition) is 2. The van der Waals surface area contributed by atoms with Crippen molar-refractivity contribution in [3.63, 3.8) is 0 Å². The van der Waals surface area contributed by atoms with E-state index in [4.69, 9.17) is 5.73 Å². The van der Waals surface area contributed by atoms with Crippen LogP contribution >= 0.6 is 0 Å². The Hall–Kier alpha value is -2.17. The molecule has 0 saturated carbocycles. The van der Waals surface area contributed by atoms with Crippen LogP contribution in [0.4, 0.5) is 4.39 Å². The zero-order chi connectivity index (χ0) is 14.4. The van der Waals surface area contributed by atoms with E-state index in [0.717, 1.165) is 5.57 Å². The Kier molecular flexibility index (Phi) is 5.23. The minimum absolute atomic E-state index is 0.282. The second-order valence-electron chi connectivity index (χ2n) is 4.45. The molecule has 1 aromatic carbocycles. The van der Waals surface area contributed by atoms with Crippen molar-refractivity contribution in [1.29, 1.82) is 0 Å². The number of nitrogens with two attached hydrogens (primary N) is 1. The second-order valence-corrected chi connectivity index (χ2v) is 4.45. The van der Waals surface area contributed by atoms with E-state index >= 15 is 0 Å². The molecule has 0 aliphatic heterocycles. The zero-order valence-electron chi connectivity index (χ0n) is 10.9. The first-order valence-electron chi connectivity index (χ1n) is 5.89. The highest BCUT2D eigenvalue weighted by molar-refractivity contribution is 5.97. The van der Waals surface area contributed by atoms with E-state index in [2.05, 4.69) is 5.32 Å². The fraction of sp³-hybridized carbons (Fsp3) is 0.286. The van der Waals surface area contributed by atoms with Crippen LogP contribution in [-0.2, 0) is 4.79 Å². The number of halogens is 1. The van der Waals surface area contributed by atoms with Crippen molar-refractivity contribution in [1.82, 2.24) is 5.32 Å². The molecule has 0 radical (unpaired) electrons. The van der Waals surface area contributed by atoms with E-state index in [9.17, 15) is 14.0 Å². The topological polar surface area (TPSA) is 72.2 Å². The zero-order valence-corrected chi connectivity index (χ0v) is 10.9. The maximum Gasteiger partial charge on any atom is 0.251 e. The largest absolute Gasteiger partial charge is 0.368 e. The summed E-state index contributed by atoms with van der Waals surface area (Å²) in [5.74, 6) is -1.48. The van der Waals surface area contributed by atoms with Crippen LogP contribution in [0.25, 0.3) is 0 Å². The molecule has 1 aromatic rings. The van der Waals surface area contributed by atoms with Gasteiger partial charge in [0.05, 0.1) is 0 Å². The fourth-order valence-corrected chi connectivity index (χ4v) is 1.44. The van der Waals surface area contributed by atoms with Crippen molar-refractivity contribution in [2.45, 2.75) is 26.3 Å². The predicted octanol–water partition coefficient (Wildman–Crippen LogP) is 1.77. The number of hydrogen-bond acceptors (Lipinski definition) is 2. The Balaban J connectivity index is 2.74. The lowest BCUT2D eigenvalue weighted by molar-refractivity contribution is -0.119. The van der Waals surface area contributed by atoms with Gasteiger partial charge in [-0.25, -0.2) is 4.39 Å². The number of nitrogens with one attached hydrogen (secondary N) is 1. The van der Waals surface area contributed by atoms with Crippen molar-refractivity contribution in [2.24, 2.45) is 5.73 Å². The van der Waals surface area contributed by atoms with Gasteiger partial charge >= 0.3 is 0 Å². The van der Waals surface area contributed by atoms with Gasteiger partial charge in [-0.2, -0.15) is 0 Å². The molecule has 0 aliphatic rings. The highest BCUT2D eigenvalue weighted by atomic mass is 19.1. The summed E-state index contributed by atoms with van der Waals surface area (Å²) in [5.41, 5.74) is 6.54. The van der Waals surface area contributed by atoms with Crippen LogP contribution in [0.2, 0.25) is 0 Å². The van der Waals surface area contributed by atoms with E-state index in [1.165, 1.54) is 24.3 Å². The summed E-state index contributed by atoms with van der Waals surface area (Å²) in [6.07, 6.45) is 2.16. The van der Waals surface area contributed by atoms with E-state index in [-0.39, 0.29) is 5.56 Å². The molecule has 4 nitrogen and oxygen atoms in total. The number of amides is 2. The first-order valence-corrected chi connectivity index (χ1v) is 5.89. The molecule has 0 unspecified atom stereocenters. The summed E-state index contributed by atoms with van der Waals surface area (Å²) in [7, 11) is 0. The van der Waals surface area contributed by atoms with Crippen LogP contribution in [0.15, 0.2) is 35.9 Å². The standard InChI is InChI=1S/C14H17FN2O2/c1-9(2)3-8-12(13(16)18)17-14(19)10-4-6-11(15)7-5-10/h3-7,12H,8H2,1-2H3,(H2,16,18)(H,17,19)/t12-/m0/s1. The van der Waals surface area contributed by atoms with Crippen LogP contribution < -0.4 is 11.1 Å². The molecule has 5 heteroatoms. The third-order valence-corrected chi connectivity index (χ3v) is 2.52. The molecular weight excluding hydrogens is 247 g/mol. The average Bonchev–Trinajstić information content (AvgIpc) is 2.34. The van der Waals surface area contributed by atoms with Gasteiger partial charge in [-0.15, -0.1) is 0 Å². The van der Waals surface area contributed by atoms with Gasteiger partial charge in [0.1, 0.15) is 11.9 Å². The maximum absolute atomic E-state index is 12.7. The fourth-order valence-electron chi connectivity index (χ4n) is 1.44. The Morgan fingerprint density at radius 2 is 1.89 bits per heavy atom. The van der Waals surface area contributed by atoms with Gasteiger partial charge in [0.25, 0.3) is 5.91 Å². The highest BCUT2D eigenvalue weighted by Crippen LogP contribution is 2.04. The van der Waals surface area contributed by atoms with Crippen molar-refractivity contribution in [3.8, 4) is 0 Å². The number of allylic oxidation sites excluding steroid dienone is 1. The van der Waals surface area contributed by atoms with Crippen LogP contribution in [-0.4, -0.2) is 17.9 Å². The van der Waals surface area contributed by atoms with Crippen molar-refractivity contribution < 1.29 is 14.0 Å². The molecule has 1 rings (SSSR count). The molecule has 0 aromatic heterocycles. The van der Waals surface area contributed by atoms with E-state index in [0.29, 0.717) is 6.42 Å². The molecular formula is C14H17FN2O2. The molecule has 0 spiro atoms. The van der Waals surface area contributed by atoms with Crippen LogP contribution in [0, 0.1) is 5.82 Å². The number of primary amides is 1. The smallest absolute Gasteiger partial charge is 0.251 e. The number of rotatable bonds is 5. The quantitative estimate of drug-likeness (QED) is 0.795. The highest BCUT2D eigenvalue weighted by Gasteiger charge is 2.17. The van der Waals surface area contributed by atoms with Gasteiger partial charge in [0, 0.05) is 5.56 Å². The van der Waals surface area contributed by atoms with Crippen LogP contribution in [0.3, 0.4) is 0 Å². The summed E-state index contributed by atoms with van der Waals surface area (Å²) in [5, 5.41) is 2.53. The van der Waals surface area contributed by atoms with Gasteiger partial charge in [-0.3, -0.25) is 9.59 Å². The Labute approximate surface area is 111 Å². The third kappa shape index (κ3) is 4.91. The average molecular weight is 264 g/mol. The van der Waals surface area contributed by atoms with E-state index < -0.39 is 23.7 Å². The van der Waals surface area contributed by atoms with E-state index in [1.54, 1.807) is 0 Å². The van der Waals surface area contributed by atoms with Crippen molar-refractivity contribution in [3.05, 3.63) is 47.3 Å². The summed E-state index contributed by atoms with van der Waals surface area (Å²) < 4.78 is 12.7. The van der Waals surface area contributed by atoms with Gasteiger partial charge in [0.2, 0.25) is 5.91 Å². The third-order valence-electron chi connectivity index (χ3n) is 2.52. The van der Waals surface area contributed by atoms with Crippen molar-refractivity contribution in [2.75, 3.05) is 0 Å². The monoisotopic (exact) mass is 264 g/mol. The minimum Gasteiger partial charge on any atom is -0.368 e. The lowest BCUT2D eigenvalue weighted by Gasteiger charge is -2.14.